The van der Waals surface area contributed by atoms with Gasteiger partial charge in [-0.2, -0.15) is 4.31 Å². The highest BCUT2D eigenvalue weighted by molar-refractivity contribution is 7.89. The molecule has 2 rings (SSSR count). The lowest BCUT2D eigenvalue weighted by Crippen LogP contribution is -2.40. The number of carbonyl (C=O) groups excluding carboxylic acids is 2. The summed E-state index contributed by atoms with van der Waals surface area (Å²) in [7, 11) is -3.55. The van der Waals surface area contributed by atoms with Gasteiger partial charge in [0.25, 0.3) is 5.91 Å². The minimum atomic E-state index is -3.55. The molecule has 0 radical (unpaired) electrons. The van der Waals surface area contributed by atoms with E-state index in [1.54, 1.807) is 12.1 Å². The van der Waals surface area contributed by atoms with Gasteiger partial charge < -0.3 is 14.8 Å². The van der Waals surface area contributed by atoms with Gasteiger partial charge >= 0.3 is 5.97 Å². The summed E-state index contributed by atoms with van der Waals surface area (Å²) < 4.78 is 36.4. The minimum absolute atomic E-state index is 0.183. The first-order chi connectivity index (χ1) is 12.9. The van der Waals surface area contributed by atoms with E-state index in [9.17, 15) is 18.0 Å². The van der Waals surface area contributed by atoms with Gasteiger partial charge in [0.2, 0.25) is 10.0 Å². The first-order valence-corrected chi connectivity index (χ1v) is 9.78. The average Bonchev–Trinajstić information content (AvgIpc) is 2.70. The van der Waals surface area contributed by atoms with Crippen molar-refractivity contribution in [2.75, 3.05) is 39.5 Å². The first-order valence-electron chi connectivity index (χ1n) is 8.34. The highest BCUT2D eigenvalue weighted by Crippen LogP contribution is 2.18. The molecule has 1 heterocycles. The Morgan fingerprint density at radius 1 is 1.22 bits per heavy atom. The lowest BCUT2D eigenvalue weighted by atomic mass is 10.2. The second kappa shape index (κ2) is 10.0. The topological polar surface area (TPSA) is 102 Å². The molecule has 8 nitrogen and oxygen atoms in total. The number of esters is 1. The van der Waals surface area contributed by atoms with Crippen molar-refractivity contribution in [3.05, 3.63) is 48.6 Å². The fraction of sp³-hybridized carbons (Fsp3) is 0.333. The summed E-state index contributed by atoms with van der Waals surface area (Å²) >= 11 is 0. The van der Waals surface area contributed by atoms with Crippen LogP contribution in [0.3, 0.4) is 0 Å². The Kier molecular flexibility index (Phi) is 7.71. The van der Waals surface area contributed by atoms with Crippen molar-refractivity contribution in [3.63, 3.8) is 0 Å². The molecule has 1 aromatic carbocycles. The van der Waals surface area contributed by atoms with Gasteiger partial charge in [-0.15, -0.1) is 6.58 Å². The minimum Gasteiger partial charge on any atom is -0.452 e. The van der Waals surface area contributed by atoms with Crippen LogP contribution in [0.15, 0.2) is 47.9 Å². The molecule has 1 amide bonds. The first kappa shape index (κ1) is 20.8. The lowest BCUT2D eigenvalue weighted by Gasteiger charge is -2.26. The van der Waals surface area contributed by atoms with E-state index in [0.717, 1.165) is 0 Å². The zero-order chi connectivity index (χ0) is 19.7. The number of hydrogen-bond acceptors (Lipinski definition) is 6. The third kappa shape index (κ3) is 6.31. The van der Waals surface area contributed by atoms with Crippen LogP contribution in [0.5, 0.6) is 0 Å². The Hall–Kier alpha value is -2.49. The predicted molar refractivity (Wildman–Crippen MR) is 99.2 cm³/mol. The largest absolute Gasteiger partial charge is 0.452 e. The molecule has 1 N–H and O–H groups in total. The van der Waals surface area contributed by atoms with Crippen LogP contribution in [0.25, 0.3) is 6.08 Å². The van der Waals surface area contributed by atoms with Crippen LogP contribution in [0, 0.1) is 0 Å². The third-order valence-corrected chi connectivity index (χ3v) is 5.60. The molecule has 1 fully saturated rings. The standard InChI is InChI=1S/C18H22N2O6S/c1-2-9-19-17(21)14-26-18(22)8-5-15-3-6-16(7-4-15)27(23,24)20-10-12-25-13-11-20/h2-8H,1,9-14H2,(H,19,21)/b8-5+. The number of nitrogens with one attached hydrogen (secondary N) is 1. The van der Waals surface area contributed by atoms with Crippen LogP contribution in [0.4, 0.5) is 0 Å². The van der Waals surface area contributed by atoms with E-state index >= 15 is 0 Å². The Labute approximate surface area is 158 Å². The number of sulfonamides is 1. The van der Waals surface area contributed by atoms with E-state index in [-0.39, 0.29) is 11.5 Å². The van der Waals surface area contributed by atoms with E-state index in [4.69, 9.17) is 9.47 Å². The number of nitrogens with zero attached hydrogens (tertiary/aromatic N) is 1. The number of ether oxygens (including phenoxy) is 2. The summed E-state index contributed by atoms with van der Waals surface area (Å²) in [5, 5.41) is 2.48. The summed E-state index contributed by atoms with van der Waals surface area (Å²) in [6, 6.07) is 6.15. The van der Waals surface area contributed by atoms with Crippen LogP contribution < -0.4 is 5.32 Å². The van der Waals surface area contributed by atoms with Crippen molar-refractivity contribution in [2.24, 2.45) is 0 Å². The van der Waals surface area contributed by atoms with E-state index in [1.807, 2.05) is 0 Å². The van der Waals surface area contributed by atoms with Gasteiger partial charge in [0.1, 0.15) is 0 Å². The number of hydrogen-bond donors (Lipinski definition) is 1. The summed E-state index contributed by atoms with van der Waals surface area (Å²) in [4.78, 5) is 23.1. The van der Waals surface area contributed by atoms with Crippen molar-refractivity contribution in [2.45, 2.75) is 4.90 Å². The van der Waals surface area contributed by atoms with E-state index in [0.29, 0.717) is 38.4 Å². The van der Waals surface area contributed by atoms with Crippen LogP contribution in [-0.4, -0.2) is 64.1 Å². The molecule has 9 heteroatoms. The highest BCUT2D eigenvalue weighted by Gasteiger charge is 2.25. The second-order valence-electron chi connectivity index (χ2n) is 5.62. The SMILES string of the molecule is C=CCNC(=O)COC(=O)/C=C/c1ccc(S(=O)(=O)N2CCOCC2)cc1. The number of rotatable bonds is 8. The van der Waals surface area contributed by atoms with Crippen molar-refractivity contribution >= 4 is 28.0 Å². The molecular formula is C18H22N2O6S. The van der Waals surface area contributed by atoms with E-state index in [2.05, 4.69) is 11.9 Å². The van der Waals surface area contributed by atoms with Gasteiger partial charge in [-0.1, -0.05) is 18.2 Å². The molecule has 1 aliphatic rings. The summed E-state index contributed by atoms with van der Waals surface area (Å²) in [6.07, 6.45) is 4.17. The predicted octanol–water partition coefficient (Wildman–Crippen LogP) is 0.566. The smallest absolute Gasteiger partial charge is 0.331 e. The molecule has 0 atom stereocenters. The van der Waals surface area contributed by atoms with Gasteiger partial charge in [0.15, 0.2) is 6.61 Å². The fourth-order valence-corrected chi connectivity index (χ4v) is 3.68. The van der Waals surface area contributed by atoms with E-state index in [1.165, 1.54) is 34.7 Å². The zero-order valence-electron chi connectivity index (χ0n) is 14.8. The average molecular weight is 394 g/mol. The van der Waals surface area contributed by atoms with Crippen molar-refractivity contribution in [1.29, 1.82) is 0 Å². The summed E-state index contributed by atoms with van der Waals surface area (Å²) in [6.45, 7) is 4.80. The van der Waals surface area contributed by atoms with Crippen molar-refractivity contribution in [1.82, 2.24) is 9.62 Å². The summed E-state index contributed by atoms with van der Waals surface area (Å²) in [5.41, 5.74) is 0.629. The number of benzene rings is 1. The molecular weight excluding hydrogens is 372 g/mol. The van der Waals surface area contributed by atoms with Crippen LogP contribution in [0.2, 0.25) is 0 Å². The number of morpholine rings is 1. The van der Waals surface area contributed by atoms with E-state index < -0.39 is 21.9 Å². The number of carbonyl (C=O) groups is 2. The third-order valence-electron chi connectivity index (χ3n) is 3.69. The molecule has 1 aromatic rings. The molecule has 0 bridgehead atoms. The normalized spacial score (nSPS) is 15.4. The fourth-order valence-electron chi connectivity index (χ4n) is 2.27. The molecule has 0 spiro atoms. The van der Waals surface area contributed by atoms with Gasteiger partial charge in [-0.05, 0) is 23.8 Å². The molecule has 0 unspecified atom stereocenters. The maximum atomic E-state index is 12.5. The van der Waals surface area contributed by atoms with Crippen LogP contribution in [-0.2, 0) is 29.1 Å². The monoisotopic (exact) mass is 394 g/mol. The van der Waals surface area contributed by atoms with Crippen molar-refractivity contribution < 1.29 is 27.5 Å². The molecule has 1 saturated heterocycles. The lowest BCUT2D eigenvalue weighted by molar-refractivity contribution is -0.143. The zero-order valence-corrected chi connectivity index (χ0v) is 15.6. The quantitative estimate of drug-likeness (QED) is 0.393. The number of amides is 1. The Morgan fingerprint density at radius 3 is 2.52 bits per heavy atom. The molecule has 1 aliphatic heterocycles. The van der Waals surface area contributed by atoms with Crippen molar-refractivity contribution in [3.8, 4) is 0 Å². The maximum Gasteiger partial charge on any atom is 0.331 e. The van der Waals surface area contributed by atoms with Gasteiger partial charge in [0.05, 0.1) is 18.1 Å². The van der Waals surface area contributed by atoms with Gasteiger partial charge in [0, 0.05) is 25.7 Å². The highest BCUT2D eigenvalue weighted by atomic mass is 32.2. The maximum absolute atomic E-state index is 12.5. The van der Waals surface area contributed by atoms with Gasteiger partial charge in [-0.3, -0.25) is 4.79 Å². The Morgan fingerprint density at radius 2 is 1.89 bits per heavy atom. The van der Waals surface area contributed by atoms with Crippen LogP contribution >= 0.6 is 0 Å². The molecule has 0 aliphatic carbocycles. The Balaban J connectivity index is 1.91. The molecule has 146 valence electrons. The summed E-state index contributed by atoms with van der Waals surface area (Å²) in [5.74, 6) is -1.09. The molecule has 27 heavy (non-hydrogen) atoms. The van der Waals surface area contributed by atoms with Crippen LogP contribution in [0.1, 0.15) is 5.56 Å². The Bertz CT molecular complexity index is 796. The van der Waals surface area contributed by atoms with Gasteiger partial charge in [-0.25, -0.2) is 13.2 Å². The molecule has 0 aromatic heterocycles. The molecule has 0 saturated carbocycles. The second-order valence-corrected chi connectivity index (χ2v) is 7.56.